The number of Topliss-reactive ketones (excluding diaryl/α,β-unsaturated/α-hetero) is 1. The Balaban J connectivity index is 2.22. The lowest BCUT2D eigenvalue weighted by Gasteiger charge is -2.08. The van der Waals surface area contributed by atoms with Gasteiger partial charge in [0, 0.05) is 18.1 Å². The summed E-state index contributed by atoms with van der Waals surface area (Å²) in [6, 6.07) is 0. The summed E-state index contributed by atoms with van der Waals surface area (Å²) in [7, 11) is -2.90. The summed E-state index contributed by atoms with van der Waals surface area (Å²) in [4.78, 5) is 11.6. The maximum absolute atomic E-state index is 11.6. The lowest BCUT2D eigenvalue weighted by atomic mass is 9.98. The van der Waals surface area contributed by atoms with Crippen LogP contribution < -0.4 is 0 Å². The summed E-state index contributed by atoms with van der Waals surface area (Å²) in [5.74, 6) is 1.31. The van der Waals surface area contributed by atoms with E-state index in [1.807, 2.05) is 6.92 Å². The predicted molar refractivity (Wildman–Crippen MR) is 60.5 cm³/mol. The molecule has 4 heteroatoms. The number of carbonyl (C=O) groups excluding carboxylic acids is 1. The summed E-state index contributed by atoms with van der Waals surface area (Å²) in [6.07, 6.45) is 3.25. The van der Waals surface area contributed by atoms with Crippen LogP contribution in [-0.4, -0.2) is 25.7 Å². The van der Waals surface area contributed by atoms with Gasteiger partial charge in [-0.25, -0.2) is 8.42 Å². The topological polar surface area (TPSA) is 51.2 Å². The van der Waals surface area contributed by atoms with E-state index in [-0.39, 0.29) is 23.2 Å². The van der Waals surface area contributed by atoms with Crippen LogP contribution in [0.2, 0.25) is 0 Å². The molecular formula is C11H20O3S. The van der Waals surface area contributed by atoms with Gasteiger partial charge in [0.05, 0.1) is 5.75 Å². The Kier molecular flexibility index (Phi) is 4.32. The minimum atomic E-state index is -2.90. The zero-order valence-corrected chi connectivity index (χ0v) is 10.3. The van der Waals surface area contributed by atoms with Gasteiger partial charge in [-0.3, -0.25) is 4.79 Å². The molecule has 88 valence electrons. The zero-order valence-electron chi connectivity index (χ0n) is 9.53. The number of rotatable bonds is 7. The van der Waals surface area contributed by atoms with Crippen molar-refractivity contribution < 1.29 is 13.2 Å². The van der Waals surface area contributed by atoms with Gasteiger partial charge >= 0.3 is 0 Å². The van der Waals surface area contributed by atoms with Crippen LogP contribution in [0.3, 0.4) is 0 Å². The van der Waals surface area contributed by atoms with Gasteiger partial charge in [-0.2, -0.15) is 0 Å². The van der Waals surface area contributed by atoms with Gasteiger partial charge < -0.3 is 0 Å². The molecule has 0 radical (unpaired) electrons. The summed E-state index contributed by atoms with van der Waals surface area (Å²) < 4.78 is 22.4. The van der Waals surface area contributed by atoms with E-state index in [2.05, 4.69) is 0 Å². The van der Waals surface area contributed by atoms with Gasteiger partial charge in [0.25, 0.3) is 0 Å². The van der Waals surface area contributed by atoms with Gasteiger partial charge in [-0.15, -0.1) is 0 Å². The molecule has 0 aromatic carbocycles. The van der Waals surface area contributed by atoms with E-state index in [0.29, 0.717) is 18.8 Å². The molecule has 0 spiro atoms. The Morgan fingerprint density at radius 1 is 1.40 bits per heavy atom. The van der Waals surface area contributed by atoms with Gasteiger partial charge in [0.2, 0.25) is 0 Å². The third kappa shape index (κ3) is 4.33. The Morgan fingerprint density at radius 2 is 2.00 bits per heavy atom. The maximum atomic E-state index is 11.6. The van der Waals surface area contributed by atoms with Gasteiger partial charge in [-0.05, 0) is 25.2 Å². The van der Waals surface area contributed by atoms with Gasteiger partial charge in [-0.1, -0.05) is 13.8 Å². The zero-order chi connectivity index (χ0) is 11.5. The Hall–Kier alpha value is -0.380. The fraction of sp³-hybridized carbons (Fsp3) is 0.909. The van der Waals surface area contributed by atoms with Crippen LogP contribution in [-0.2, 0) is 14.6 Å². The van der Waals surface area contributed by atoms with Crippen LogP contribution in [0.25, 0.3) is 0 Å². The second-order valence-electron chi connectivity index (χ2n) is 4.43. The van der Waals surface area contributed by atoms with Crippen molar-refractivity contribution >= 4 is 15.6 Å². The van der Waals surface area contributed by atoms with Gasteiger partial charge in [0.1, 0.15) is 15.6 Å². The SMILES string of the molecule is CCS(=O)(=O)CCCC(=O)C(C)C1CC1. The average Bonchev–Trinajstić information content (AvgIpc) is 2.99. The first-order valence-corrected chi connectivity index (χ1v) is 7.51. The number of hydrogen-bond acceptors (Lipinski definition) is 3. The van der Waals surface area contributed by atoms with E-state index in [1.165, 1.54) is 12.8 Å². The molecule has 15 heavy (non-hydrogen) atoms. The van der Waals surface area contributed by atoms with Crippen LogP contribution >= 0.6 is 0 Å². The van der Waals surface area contributed by atoms with Gasteiger partial charge in [0.15, 0.2) is 0 Å². The van der Waals surface area contributed by atoms with E-state index in [0.717, 1.165) is 0 Å². The number of carbonyl (C=O) groups is 1. The molecule has 1 unspecified atom stereocenters. The molecule has 0 N–H and O–H groups in total. The van der Waals surface area contributed by atoms with E-state index >= 15 is 0 Å². The quantitative estimate of drug-likeness (QED) is 0.672. The molecule has 0 amide bonds. The third-order valence-electron chi connectivity index (χ3n) is 3.16. The summed E-state index contributed by atoms with van der Waals surface area (Å²) >= 11 is 0. The lowest BCUT2D eigenvalue weighted by molar-refractivity contribution is -0.122. The van der Waals surface area contributed by atoms with E-state index in [4.69, 9.17) is 0 Å². The van der Waals surface area contributed by atoms with Crippen molar-refractivity contribution in [1.82, 2.24) is 0 Å². The standard InChI is InChI=1S/C11H20O3S/c1-3-15(13,14)8-4-5-11(12)9(2)10-6-7-10/h9-10H,3-8H2,1-2H3. The van der Waals surface area contributed by atoms with E-state index in [1.54, 1.807) is 6.92 Å². The van der Waals surface area contributed by atoms with Crippen LogP contribution in [0, 0.1) is 11.8 Å². The normalized spacial score (nSPS) is 18.8. The van der Waals surface area contributed by atoms with Crippen LogP contribution in [0.15, 0.2) is 0 Å². The first-order valence-electron chi connectivity index (χ1n) is 5.69. The summed E-state index contributed by atoms with van der Waals surface area (Å²) in [5.41, 5.74) is 0. The fourth-order valence-corrected chi connectivity index (χ4v) is 2.57. The number of hydrogen-bond donors (Lipinski definition) is 0. The second-order valence-corrected chi connectivity index (χ2v) is 6.91. The maximum Gasteiger partial charge on any atom is 0.150 e. The highest BCUT2D eigenvalue weighted by Crippen LogP contribution is 2.37. The molecule has 1 aliphatic carbocycles. The van der Waals surface area contributed by atoms with Crippen molar-refractivity contribution in [3.05, 3.63) is 0 Å². The van der Waals surface area contributed by atoms with Crippen molar-refractivity contribution in [2.45, 2.75) is 39.5 Å². The van der Waals surface area contributed by atoms with Crippen LogP contribution in [0.1, 0.15) is 39.5 Å². The molecule has 0 bridgehead atoms. The Morgan fingerprint density at radius 3 is 2.47 bits per heavy atom. The first-order chi connectivity index (χ1) is 6.96. The van der Waals surface area contributed by atoms with Crippen LogP contribution in [0.4, 0.5) is 0 Å². The number of sulfone groups is 1. The Bertz CT molecular complexity index is 315. The fourth-order valence-electron chi connectivity index (χ4n) is 1.70. The molecule has 1 saturated carbocycles. The average molecular weight is 232 g/mol. The minimum Gasteiger partial charge on any atom is -0.299 e. The van der Waals surface area contributed by atoms with Crippen molar-refractivity contribution in [2.75, 3.05) is 11.5 Å². The monoisotopic (exact) mass is 232 g/mol. The van der Waals surface area contributed by atoms with Crippen molar-refractivity contribution in [3.8, 4) is 0 Å². The molecular weight excluding hydrogens is 212 g/mol. The molecule has 1 fully saturated rings. The smallest absolute Gasteiger partial charge is 0.150 e. The third-order valence-corrected chi connectivity index (χ3v) is 4.95. The predicted octanol–water partition coefficient (Wildman–Crippen LogP) is 1.82. The van der Waals surface area contributed by atoms with Crippen molar-refractivity contribution in [3.63, 3.8) is 0 Å². The van der Waals surface area contributed by atoms with Crippen molar-refractivity contribution in [1.29, 1.82) is 0 Å². The molecule has 0 aliphatic heterocycles. The molecule has 1 aliphatic rings. The first kappa shape index (κ1) is 12.7. The molecule has 1 atom stereocenters. The Labute approximate surface area is 92.2 Å². The highest BCUT2D eigenvalue weighted by Gasteiger charge is 2.31. The second kappa shape index (κ2) is 5.10. The highest BCUT2D eigenvalue weighted by molar-refractivity contribution is 7.91. The summed E-state index contributed by atoms with van der Waals surface area (Å²) in [5, 5.41) is 0. The molecule has 0 aromatic heterocycles. The largest absolute Gasteiger partial charge is 0.299 e. The van der Waals surface area contributed by atoms with E-state index < -0.39 is 9.84 Å². The molecule has 0 aromatic rings. The van der Waals surface area contributed by atoms with Crippen molar-refractivity contribution in [2.24, 2.45) is 11.8 Å². The lowest BCUT2D eigenvalue weighted by Crippen LogP contribution is -2.15. The summed E-state index contributed by atoms with van der Waals surface area (Å²) in [6.45, 7) is 3.61. The molecule has 3 nitrogen and oxygen atoms in total. The minimum absolute atomic E-state index is 0.148. The van der Waals surface area contributed by atoms with Crippen LogP contribution in [0.5, 0.6) is 0 Å². The highest BCUT2D eigenvalue weighted by atomic mass is 32.2. The molecule has 0 heterocycles. The molecule has 1 rings (SSSR count). The number of ketones is 1. The molecule has 0 saturated heterocycles. The van der Waals surface area contributed by atoms with E-state index in [9.17, 15) is 13.2 Å².